The van der Waals surface area contributed by atoms with Crippen molar-refractivity contribution < 1.29 is 9.59 Å². The smallest absolute Gasteiger partial charge is 0.174 e. The van der Waals surface area contributed by atoms with Crippen molar-refractivity contribution in [1.82, 2.24) is 0 Å². The van der Waals surface area contributed by atoms with Crippen LogP contribution in [0.3, 0.4) is 0 Å². The molecule has 4 aliphatic rings. The number of rotatable bonds is 0. The van der Waals surface area contributed by atoms with E-state index in [4.69, 9.17) is 11.6 Å². The van der Waals surface area contributed by atoms with E-state index in [9.17, 15) is 9.59 Å². The highest BCUT2D eigenvalue weighted by Crippen LogP contribution is 2.65. The van der Waals surface area contributed by atoms with Crippen molar-refractivity contribution in [3.63, 3.8) is 0 Å². The summed E-state index contributed by atoms with van der Waals surface area (Å²) in [4.78, 5) is 24.4. The van der Waals surface area contributed by atoms with Crippen LogP contribution in [0, 0.1) is 28.6 Å². The Morgan fingerprint density at radius 1 is 0.909 bits per heavy atom. The highest BCUT2D eigenvalue weighted by atomic mass is 35.5. The highest BCUT2D eigenvalue weighted by Gasteiger charge is 2.59. The van der Waals surface area contributed by atoms with Crippen LogP contribution >= 0.6 is 11.6 Å². The van der Waals surface area contributed by atoms with Crippen LogP contribution in [0.1, 0.15) is 65.2 Å². The van der Waals surface area contributed by atoms with Gasteiger partial charge in [-0.15, -0.1) is 0 Å². The molecule has 3 saturated carbocycles. The molecule has 120 valence electrons. The first-order valence-electron chi connectivity index (χ1n) is 8.83. The van der Waals surface area contributed by atoms with Gasteiger partial charge in [0.05, 0.1) is 5.03 Å². The molecule has 0 aromatic rings. The molecule has 4 rings (SSSR count). The lowest BCUT2D eigenvalue weighted by atomic mass is 9.47. The summed E-state index contributed by atoms with van der Waals surface area (Å²) >= 11 is 6.40. The summed E-state index contributed by atoms with van der Waals surface area (Å²) < 4.78 is 0. The van der Waals surface area contributed by atoms with Gasteiger partial charge in [0.25, 0.3) is 0 Å². The molecule has 5 atom stereocenters. The van der Waals surface area contributed by atoms with E-state index in [0.717, 1.165) is 44.9 Å². The molecule has 22 heavy (non-hydrogen) atoms. The maximum absolute atomic E-state index is 12.4. The summed E-state index contributed by atoms with van der Waals surface area (Å²) in [7, 11) is 0. The van der Waals surface area contributed by atoms with Gasteiger partial charge in [0.2, 0.25) is 0 Å². The topological polar surface area (TPSA) is 34.1 Å². The van der Waals surface area contributed by atoms with E-state index in [1.54, 1.807) is 0 Å². The average molecular weight is 321 g/mol. The molecular weight excluding hydrogens is 296 g/mol. The predicted molar refractivity (Wildman–Crippen MR) is 86.5 cm³/mol. The number of ketones is 2. The minimum absolute atomic E-state index is 0.0625. The minimum Gasteiger partial charge on any atom is -0.299 e. The van der Waals surface area contributed by atoms with Crippen molar-refractivity contribution in [3.8, 4) is 0 Å². The minimum atomic E-state index is -0.0625. The highest BCUT2D eigenvalue weighted by molar-refractivity contribution is 6.43. The van der Waals surface area contributed by atoms with E-state index in [1.807, 2.05) is 0 Å². The standard InChI is InChI=1S/C19H25ClO2/c1-18-10-8-15(21)17(20)14(18)4-3-11-12-5-6-16(22)19(12,2)9-7-13(11)18/h11-13H,3-10H2,1-2H3/t11-,12-,13+,18+,19-/m0/s1. The Morgan fingerprint density at radius 2 is 1.64 bits per heavy atom. The number of carbonyl (C=O) groups is 2. The van der Waals surface area contributed by atoms with Gasteiger partial charge in [-0.2, -0.15) is 0 Å². The Kier molecular flexibility index (Phi) is 3.18. The van der Waals surface area contributed by atoms with Gasteiger partial charge in [-0.05, 0) is 67.3 Å². The van der Waals surface area contributed by atoms with Crippen LogP contribution in [0.2, 0.25) is 0 Å². The number of hydrogen-bond donors (Lipinski definition) is 0. The Balaban J connectivity index is 1.73. The van der Waals surface area contributed by atoms with Crippen molar-refractivity contribution >= 4 is 23.2 Å². The number of hydrogen-bond acceptors (Lipinski definition) is 2. The first-order chi connectivity index (χ1) is 10.4. The molecule has 0 unspecified atom stereocenters. The zero-order valence-corrected chi connectivity index (χ0v) is 14.3. The van der Waals surface area contributed by atoms with Crippen LogP contribution in [0.15, 0.2) is 10.6 Å². The summed E-state index contributed by atoms with van der Waals surface area (Å²) in [6.07, 6.45) is 7.66. The first-order valence-corrected chi connectivity index (χ1v) is 9.21. The predicted octanol–water partition coefficient (Wildman–Crippen LogP) is 4.65. The molecule has 0 aliphatic heterocycles. The SMILES string of the molecule is C[C@]12CCC(=O)C(Cl)=C1CC[C@@H]1[C@H]2CC[C@]2(C)C(=O)CC[C@@H]12. The molecule has 3 heteroatoms. The molecule has 0 radical (unpaired) electrons. The van der Waals surface area contributed by atoms with Crippen molar-refractivity contribution in [1.29, 1.82) is 0 Å². The van der Waals surface area contributed by atoms with Gasteiger partial charge in [-0.3, -0.25) is 9.59 Å². The van der Waals surface area contributed by atoms with Gasteiger partial charge in [-0.25, -0.2) is 0 Å². The molecule has 0 bridgehead atoms. The second-order valence-corrected chi connectivity index (χ2v) is 8.84. The number of carbonyl (C=O) groups excluding carboxylic acids is 2. The zero-order chi connectivity index (χ0) is 15.7. The van der Waals surface area contributed by atoms with E-state index in [0.29, 0.717) is 35.0 Å². The van der Waals surface area contributed by atoms with E-state index in [2.05, 4.69) is 13.8 Å². The number of fused-ring (bicyclic) bond motifs is 5. The molecule has 0 aromatic carbocycles. The van der Waals surface area contributed by atoms with E-state index >= 15 is 0 Å². The van der Waals surface area contributed by atoms with Crippen molar-refractivity contribution in [3.05, 3.63) is 10.6 Å². The van der Waals surface area contributed by atoms with Gasteiger partial charge in [0, 0.05) is 18.3 Å². The number of halogens is 1. The summed E-state index contributed by atoms with van der Waals surface area (Å²) in [6.45, 7) is 4.56. The molecule has 2 nitrogen and oxygen atoms in total. The van der Waals surface area contributed by atoms with Crippen LogP contribution in [0.5, 0.6) is 0 Å². The van der Waals surface area contributed by atoms with Crippen molar-refractivity contribution in [2.75, 3.05) is 0 Å². The maximum atomic E-state index is 12.4. The summed E-state index contributed by atoms with van der Waals surface area (Å²) in [5.74, 6) is 2.47. The molecule has 0 aromatic heterocycles. The van der Waals surface area contributed by atoms with Crippen LogP contribution in [0.25, 0.3) is 0 Å². The van der Waals surface area contributed by atoms with E-state index in [-0.39, 0.29) is 16.6 Å². The molecule has 0 heterocycles. The zero-order valence-electron chi connectivity index (χ0n) is 13.6. The fourth-order valence-electron chi connectivity index (χ4n) is 6.42. The molecule has 0 amide bonds. The van der Waals surface area contributed by atoms with Crippen LogP contribution in [0.4, 0.5) is 0 Å². The summed E-state index contributed by atoms with van der Waals surface area (Å²) in [5.41, 5.74) is 1.27. The number of allylic oxidation sites excluding steroid dienone is 1. The molecular formula is C19H25ClO2. The third-order valence-electron chi connectivity index (χ3n) is 7.76. The van der Waals surface area contributed by atoms with Crippen molar-refractivity contribution in [2.45, 2.75) is 65.2 Å². The van der Waals surface area contributed by atoms with E-state index < -0.39 is 0 Å². The second kappa shape index (κ2) is 4.69. The fraction of sp³-hybridized carbons (Fsp3) is 0.789. The monoisotopic (exact) mass is 320 g/mol. The summed E-state index contributed by atoms with van der Waals surface area (Å²) in [5, 5.41) is 0.544. The lowest BCUT2D eigenvalue weighted by molar-refractivity contribution is -0.132. The van der Waals surface area contributed by atoms with E-state index in [1.165, 1.54) is 5.57 Å². The Hall–Kier alpha value is -0.630. The molecule has 0 spiro atoms. The largest absolute Gasteiger partial charge is 0.299 e. The summed E-state index contributed by atoms with van der Waals surface area (Å²) in [6, 6.07) is 0. The number of Topliss-reactive ketones (excluding diaryl/α,β-unsaturated/α-hetero) is 2. The van der Waals surface area contributed by atoms with Gasteiger partial charge < -0.3 is 0 Å². The second-order valence-electron chi connectivity index (χ2n) is 8.47. The Morgan fingerprint density at radius 3 is 2.41 bits per heavy atom. The van der Waals surface area contributed by atoms with Gasteiger partial charge >= 0.3 is 0 Å². The van der Waals surface area contributed by atoms with Crippen LogP contribution in [-0.4, -0.2) is 11.6 Å². The van der Waals surface area contributed by atoms with Gasteiger partial charge in [0.15, 0.2) is 5.78 Å². The first kappa shape index (κ1) is 14.9. The van der Waals surface area contributed by atoms with Crippen LogP contribution < -0.4 is 0 Å². The molecule has 0 saturated heterocycles. The Bertz CT molecular complexity index is 592. The maximum Gasteiger partial charge on any atom is 0.174 e. The average Bonchev–Trinajstić information content (AvgIpc) is 2.79. The van der Waals surface area contributed by atoms with Crippen molar-refractivity contribution in [2.24, 2.45) is 28.6 Å². The third-order valence-corrected chi connectivity index (χ3v) is 8.20. The van der Waals surface area contributed by atoms with Gasteiger partial charge in [-0.1, -0.05) is 25.4 Å². The molecule has 3 fully saturated rings. The molecule has 4 aliphatic carbocycles. The van der Waals surface area contributed by atoms with Gasteiger partial charge in [0.1, 0.15) is 5.78 Å². The fourth-order valence-corrected chi connectivity index (χ4v) is 6.83. The van der Waals surface area contributed by atoms with Crippen LogP contribution in [-0.2, 0) is 9.59 Å². The third kappa shape index (κ3) is 1.74. The molecule has 0 N–H and O–H groups in total. The quantitative estimate of drug-likeness (QED) is 0.651. The lowest BCUT2D eigenvalue weighted by Gasteiger charge is -2.57. The normalized spacial score (nSPS) is 48.0. The Labute approximate surface area is 137 Å². The lowest BCUT2D eigenvalue weighted by Crippen LogP contribution is -2.50.